The Hall–Kier alpha value is -1.91. The first-order valence-electron chi connectivity index (χ1n) is 10.1. The van der Waals surface area contributed by atoms with Gasteiger partial charge in [0.2, 0.25) is 0 Å². The van der Waals surface area contributed by atoms with Crippen LogP contribution in [0.2, 0.25) is 0 Å². The molecule has 2 aromatic heterocycles. The average Bonchev–Trinajstić information content (AvgIpc) is 3.10. The molecule has 168 valence electrons. The number of carbonyl (C=O) groups is 1. The molecular formula is C18H30N5O6P. The lowest BCUT2D eigenvalue weighted by Crippen LogP contribution is -2.25. The molecular weight excluding hydrogens is 413 g/mol. The van der Waals surface area contributed by atoms with E-state index >= 15 is 0 Å². The standard InChI is InChI=1S/C18H30N5O6P/c1-3-4-5-6-7-8-9-29-22-18(24)16-15-17(20-11-19-16)23(12-21-15)10-14(2)28-13-30(25,26)27/h11-12,14H,3-10,13H2,1-2H3,(H,22,24)(H2,25,26,27)/t14-/m1/s1. The smallest absolute Gasteiger partial charge is 0.350 e. The van der Waals surface area contributed by atoms with Crippen LogP contribution in [0.15, 0.2) is 12.7 Å². The minimum absolute atomic E-state index is 0.0884. The van der Waals surface area contributed by atoms with E-state index in [0.717, 1.165) is 19.3 Å². The number of amides is 1. The molecule has 0 aliphatic rings. The summed E-state index contributed by atoms with van der Waals surface area (Å²) in [4.78, 5) is 47.8. The predicted molar refractivity (Wildman–Crippen MR) is 110 cm³/mol. The number of unbranched alkanes of at least 4 members (excludes halogenated alkanes) is 5. The van der Waals surface area contributed by atoms with Gasteiger partial charge in [-0.3, -0.25) is 14.2 Å². The maximum Gasteiger partial charge on any atom is 0.350 e. The number of hydrogen-bond donors (Lipinski definition) is 3. The van der Waals surface area contributed by atoms with Gasteiger partial charge in [-0.1, -0.05) is 39.0 Å². The fraction of sp³-hybridized carbons (Fsp3) is 0.667. The third kappa shape index (κ3) is 8.08. The first-order valence-corrected chi connectivity index (χ1v) is 11.9. The summed E-state index contributed by atoms with van der Waals surface area (Å²) in [5.41, 5.74) is 3.20. The highest BCUT2D eigenvalue weighted by atomic mass is 31.2. The SMILES string of the molecule is CCCCCCCCONC(=O)c1ncnc2c1ncn2C[C@@H](C)OCP(=O)(O)O. The number of imidazole rings is 1. The van der Waals surface area contributed by atoms with E-state index in [4.69, 9.17) is 19.4 Å². The van der Waals surface area contributed by atoms with Gasteiger partial charge in [0.25, 0.3) is 5.91 Å². The number of aromatic nitrogens is 4. The van der Waals surface area contributed by atoms with Crippen LogP contribution in [0.1, 0.15) is 62.9 Å². The summed E-state index contributed by atoms with van der Waals surface area (Å²) in [5.74, 6) is -0.510. The van der Waals surface area contributed by atoms with Crippen molar-refractivity contribution in [3.8, 4) is 0 Å². The molecule has 0 spiro atoms. The number of carbonyl (C=O) groups excluding carboxylic acids is 1. The number of fused-ring (bicyclic) bond motifs is 1. The Morgan fingerprint density at radius 3 is 2.67 bits per heavy atom. The topological polar surface area (TPSA) is 149 Å². The molecule has 0 saturated carbocycles. The second-order valence-electron chi connectivity index (χ2n) is 7.11. The molecule has 0 fully saturated rings. The van der Waals surface area contributed by atoms with Crippen LogP contribution >= 0.6 is 7.60 Å². The predicted octanol–water partition coefficient (Wildman–Crippen LogP) is 2.39. The van der Waals surface area contributed by atoms with Crippen molar-refractivity contribution in [2.75, 3.05) is 13.0 Å². The minimum atomic E-state index is -4.24. The highest BCUT2D eigenvalue weighted by molar-refractivity contribution is 7.51. The lowest BCUT2D eigenvalue weighted by molar-refractivity contribution is 0.0294. The van der Waals surface area contributed by atoms with Crippen LogP contribution in [0.25, 0.3) is 11.2 Å². The number of rotatable bonds is 14. The van der Waals surface area contributed by atoms with Crippen LogP contribution in [0.3, 0.4) is 0 Å². The van der Waals surface area contributed by atoms with Crippen molar-refractivity contribution in [1.82, 2.24) is 25.0 Å². The molecule has 1 amide bonds. The van der Waals surface area contributed by atoms with Gasteiger partial charge in [0.15, 0.2) is 11.3 Å². The van der Waals surface area contributed by atoms with Gasteiger partial charge in [0.1, 0.15) is 18.2 Å². The zero-order valence-corrected chi connectivity index (χ0v) is 18.3. The number of hydrogen-bond acceptors (Lipinski definition) is 7. The van der Waals surface area contributed by atoms with E-state index in [1.54, 1.807) is 11.5 Å². The van der Waals surface area contributed by atoms with Crippen LogP contribution in [-0.2, 0) is 20.7 Å². The quantitative estimate of drug-likeness (QED) is 0.227. The molecule has 2 rings (SSSR count). The first-order chi connectivity index (χ1) is 14.3. The molecule has 0 radical (unpaired) electrons. The molecule has 0 saturated heterocycles. The Labute approximate surface area is 175 Å². The largest absolute Gasteiger partial charge is 0.364 e. The third-order valence-corrected chi connectivity index (χ3v) is 4.85. The summed E-state index contributed by atoms with van der Waals surface area (Å²) in [5, 5.41) is 0. The molecule has 0 bridgehead atoms. The fourth-order valence-corrected chi connectivity index (χ4v) is 3.30. The Morgan fingerprint density at radius 1 is 1.20 bits per heavy atom. The molecule has 30 heavy (non-hydrogen) atoms. The Bertz CT molecular complexity index is 855. The van der Waals surface area contributed by atoms with Crippen LogP contribution in [0, 0.1) is 0 Å². The summed E-state index contributed by atoms with van der Waals surface area (Å²) >= 11 is 0. The van der Waals surface area contributed by atoms with Crippen molar-refractivity contribution < 1.29 is 28.7 Å². The molecule has 3 N–H and O–H groups in total. The Kier molecular flexibility index (Phi) is 9.80. The van der Waals surface area contributed by atoms with Gasteiger partial charge in [-0.25, -0.2) is 20.4 Å². The highest BCUT2D eigenvalue weighted by Crippen LogP contribution is 2.34. The van der Waals surface area contributed by atoms with Crippen molar-refractivity contribution in [2.24, 2.45) is 0 Å². The average molecular weight is 443 g/mol. The lowest BCUT2D eigenvalue weighted by Gasteiger charge is -2.14. The van der Waals surface area contributed by atoms with Crippen molar-refractivity contribution in [2.45, 2.75) is 65.0 Å². The molecule has 0 aliphatic heterocycles. The fourth-order valence-electron chi connectivity index (χ4n) is 2.85. The normalized spacial score (nSPS) is 12.9. The van der Waals surface area contributed by atoms with E-state index in [0.29, 0.717) is 17.8 Å². The summed E-state index contributed by atoms with van der Waals surface area (Å²) in [7, 11) is -4.24. The summed E-state index contributed by atoms with van der Waals surface area (Å²) in [6.45, 7) is 4.52. The lowest BCUT2D eigenvalue weighted by atomic mass is 10.1. The molecule has 12 heteroatoms. The maximum atomic E-state index is 12.4. The van der Waals surface area contributed by atoms with Gasteiger partial charge in [0, 0.05) is 0 Å². The van der Waals surface area contributed by atoms with Crippen molar-refractivity contribution in [3.05, 3.63) is 18.3 Å². The van der Waals surface area contributed by atoms with Gasteiger partial charge in [0.05, 0.1) is 25.6 Å². The van der Waals surface area contributed by atoms with Gasteiger partial charge >= 0.3 is 7.60 Å². The molecule has 2 aromatic rings. The van der Waals surface area contributed by atoms with Crippen LogP contribution < -0.4 is 5.48 Å². The number of nitrogens with one attached hydrogen (secondary N) is 1. The van der Waals surface area contributed by atoms with E-state index in [9.17, 15) is 9.36 Å². The van der Waals surface area contributed by atoms with Crippen LogP contribution in [0.5, 0.6) is 0 Å². The third-order valence-electron chi connectivity index (χ3n) is 4.36. The Morgan fingerprint density at radius 2 is 1.93 bits per heavy atom. The second-order valence-corrected chi connectivity index (χ2v) is 8.70. The number of nitrogens with zero attached hydrogens (tertiary/aromatic N) is 4. The van der Waals surface area contributed by atoms with E-state index in [-0.39, 0.29) is 12.2 Å². The van der Waals surface area contributed by atoms with E-state index < -0.39 is 26.0 Å². The molecule has 1 atom stereocenters. The number of hydroxylamine groups is 1. The zero-order chi connectivity index (χ0) is 22.0. The van der Waals surface area contributed by atoms with Crippen LogP contribution in [0.4, 0.5) is 0 Å². The zero-order valence-electron chi connectivity index (χ0n) is 17.4. The molecule has 0 aliphatic carbocycles. The summed E-state index contributed by atoms with van der Waals surface area (Å²) in [6, 6.07) is 0. The van der Waals surface area contributed by atoms with Gasteiger partial charge in [-0.05, 0) is 13.3 Å². The monoisotopic (exact) mass is 443 g/mol. The van der Waals surface area contributed by atoms with Crippen molar-refractivity contribution in [1.29, 1.82) is 0 Å². The van der Waals surface area contributed by atoms with Gasteiger partial charge in [-0.15, -0.1) is 0 Å². The van der Waals surface area contributed by atoms with E-state index in [1.165, 1.54) is 31.9 Å². The summed E-state index contributed by atoms with van der Waals surface area (Å²) < 4.78 is 17.7. The Balaban J connectivity index is 1.88. The van der Waals surface area contributed by atoms with E-state index in [1.807, 2.05) is 0 Å². The van der Waals surface area contributed by atoms with E-state index in [2.05, 4.69) is 27.4 Å². The highest BCUT2D eigenvalue weighted by Gasteiger charge is 2.19. The van der Waals surface area contributed by atoms with Gasteiger partial charge < -0.3 is 19.1 Å². The maximum absolute atomic E-state index is 12.4. The van der Waals surface area contributed by atoms with Crippen molar-refractivity contribution >= 4 is 24.7 Å². The molecule has 11 nitrogen and oxygen atoms in total. The van der Waals surface area contributed by atoms with Gasteiger partial charge in [-0.2, -0.15) is 0 Å². The molecule has 2 heterocycles. The first kappa shape index (κ1) is 24.4. The molecule has 0 unspecified atom stereocenters. The second kappa shape index (κ2) is 12.1. The minimum Gasteiger partial charge on any atom is -0.364 e. The molecule has 0 aromatic carbocycles. The van der Waals surface area contributed by atoms with Crippen molar-refractivity contribution in [3.63, 3.8) is 0 Å². The van der Waals surface area contributed by atoms with Crippen LogP contribution in [-0.4, -0.2) is 54.3 Å². The summed E-state index contributed by atoms with van der Waals surface area (Å²) in [6.07, 6.45) is 8.30. The number of ether oxygens (including phenoxy) is 1.